The standard InChI is InChI=1S/C19H18ClN5O/c1-25-19-16(18(21)22-11-23-19)17(24-25)13-7-8-15(14(20)9-13)26-10-12-5-3-2-4-6-12/h3,5-9,11H,2,4,10H2,1H3,(H2,21,22,23). The molecule has 0 saturated carbocycles. The van der Waals surface area contributed by atoms with Crippen LogP contribution >= 0.6 is 11.6 Å². The molecule has 0 amide bonds. The number of hydrogen-bond acceptors (Lipinski definition) is 5. The molecule has 132 valence electrons. The van der Waals surface area contributed by atoms with Crippen molar-refractivity contribution < 1.29 is 4.74 Å². The molecule has 0 aliphatic heterocycles. The van der Waals surface area contributed by atoms with Crippen molar-refractivity contribution >= 4 is 28.5 Å². The molecule has 26 heavy (non-hydrogen) atoms. The van der Waals surface area contributed by atoms with Gasteiger partial charge >= 0.3 is 0 Å². The van der Waals surface area contributed by atoms with Crippen LogP contribution < -0.4 is 10.5 Å². The first-order valence-electron chi connectivity index (χ1n) is 8.35. The summed E-state index contributed by atoms with van der Waals surface area (Å²) in [5, 5.41) is 5.77. The van der Waals surface area contributed by atoms with Crippen molar-refractivity contribution in [3.05, 3.63) is 53.4 Å². The Labute approximate surface area is 156 Å². The van der Waals surface area contributed by atoms with Gasteiger partial charge < -0.3 is 10.5 Å². The van der Waals surface area contributed by atoms with E-state index in [4.69, 9.17) is 22.1 Å². The molecular formula is C19H18ClN5O. The summed E-state index contributed by atoms with van der Waals surface area (Å²) < 4.78 is 7.54. The predicted molar refractivity (Wildman–Crippen MR) is 103 cm³/mol. The third-order valence-corrected chi connectivity index (χ3v) is 4.62. The summed E-state index contributed by atoms with van der Waals surface area (Å²) in [7, 11) is 1.82. The Morgan fingerprint density at radius 2 is 2.15 bits per heavy atom. The summed E-state index contributed by atoms with van der Waals surface area (Å²) in [5.41, 5.74) is 9.42. The molecule has 6 nitrogen and oxygen atoms in total. The quantitative estimate of drug-likeness (QED) is 0.756. The first-order chi connectivity index (χ1) is 12.6. The number of nitrogens with two attached hydrogens (primary N) is 1. The van der Waals surface area contributed by atoms with Gasteiger partial charge in [-0.05, 0) is 36.6 Å². The van der Waals surface area contributed by atoms with E-state index in [0.717, 1.165) is 29.4 Å². The average Bonchev–Trinajstić information content (AvgIpc) is 3.00. The Hall–Kier alpha value is -2.86. The number of anilines is 1. The number of aromatic nitrogens is 4. The van der Waals surface area contributed by atoms with Crippen molar-refractivity contribution in [2.45, 2.75) is 12.8 Å². The zero-order chi connectivity index (χ0) is 18.1. The maximum Gasteiger partial charge on any atom is 0.163 e. The van der Waals surface area contributed by atoms with Gasteiger partial charge in [0.25, 0.3) is 0 Å². The predicted octanol–water partition coefficient (Wildman–Crippen LogP) is 3.92. The van der Waals surface area contributed by atoms with E-state index in [0.29, 0.717) is 34.5 Å². The minimum absolute atomic E-state index is 0.394. The minimum atomic E-state index is 0.394. The lowest BCUT2D eigenvalue weighted by atomic mass is 10.1. The highest BCUT2D eigenvalue weighted by Gasteiger charge is 2.16. The number of aryl methyl sites for hydroxylation is 1. The highest BCUT2D eigenvalue weighted by Crippen LogP contribution is 2.34. The molecule has 1 aromatic carbocycles. The molecule has 0 atom stereocenters. The van der Waals surface area contributed by atoms with Crippen LogP contribution in [0.25, 0.3) is 22.3 Å². The van der Waals surface area contributed by atoms with Gasteiger partial charge in [-0.3, -0.25) is 0 Å². The van der Waals surface area contributed by atoms with E-state index >= 15 is 0 Å². The zero-order valence-corrected chi connectivity index (χ0v) is 15.1. The SMILES string of the molecule is Cn1nc(-c2ccc(OCC3=CCCC=C3)c(Cl)c2)c2c(N)ncnc21. The average molecular weight is 368 g/mol. The summed E-state index contributed by atoms with van der Waals surface area (Å²) in [6.45, 7) is 0.503. The fourth-order valence-electron chi connectivity index (χ4n) is 3.01. The van der Waals surface area contributed by atoms with Gasteiger partial charge in [-0.25, -0.2) is 14.6 Å². The van der Waals surface area contributed by atoms with Gasteiger partial charge in [-0.2, -0.15) is 5.10 Å². The Morgan fingerprint density at radius 1 is 1.27 bits per heavy atom. The molecule has 7 heteroatoms. The van der Waals surface area contributed by atoms with E-state index in [1.54, 1.807) is 4.68 Å². The van der Waals surface area contributed by atoms with Crippen LogP contribution in [0, 0.1) is 0 Å². The summed E-state index contributed by atoms with van der Waals surface area (Å²) >= 11 is 6.44. The van der Waals surface area contributed by atoms with E-state index in [2.05, 4.69) is 33.3 Å². The largest absolute Gasteiger partial charge is 0.487 e. The molecule has 0 unspecified atom stereocenters. The van der Waals surface area contributed by atoms with E-state index in [1.165, 1.54) is 6.33 Å². The molecule has 1 aliphatic rings. The van der Waals surface area contributed by atoms with Gasteiger partial charge in [0.1, 0.15) is 30.2 Å². The Kier molecular flexibility index (Phi) is 4.34. The van der Waals surface area contributed by atoms with Gasteiger partial charge in [-0.15, -0.1) is 0 Å². The number of fused-ring (bicyclic) bond motifs is 1. The molecule has 4 rings (SSSR count). The molecule has 0 saturated heterocycles. The number of halogens is 1. The van der Waals surface area contributed by atoms with Gasteiger partial charge in [0.15, 0.2) is 5.65 Å². The van der Waals surface area contributed by atoms with Crippen LogP contribution in [0.15, 0.2) is 48.3 Å². The van der Waals surface area contributed by atoms with Crippen molar-refractivity contribution in [2.24, 2.45) is 7.05 Å². The number of ether oxygens (including phenoxy) is 1. The van der Waals surface area contributed by atoms with Crippen LogP contribution in [0.2, 0.25) is 5.02 Å². The van der Waals surface area contributed by atoms with E-state index in [9.17, 15) is 0 Å². The maximum absolute atomic E-state index is 6.44. The fraction of sp³-hybridized carbons (Fsp3) is 0.211. The number of nitrogens with zero attached hydrogens (tertiary/aromatic N) is 4. The van der Waals surface area contributed by atoms with Crippen LogP contribution in [0.4, 0.5) is 5.82 Å². The van der Waals surface area contributed by atoms with Crippen molar-refractivity contribution in [3.8, 4) is 17.0 Å². The Morgan fingerprint density at radius 3 is 2.92 bits per heavy atom. The summed E-state index contributed by atoms with van der Waals surface area (Å²) in [6.07, 6.45) is 10.0. The first kappa shape index (κ1) is 16.6. The van der Waals surface area contributed by atoms with Crippen LogP contribution in [0.1, 0.15) is 12.8 Å². The van der Waals surface area contributed by atoms with Crippen LogP contribution in [0.5, 0.6) is 5.75 Å². The Balaban J connectivity index is 1.64. The third kappa shape index (κ3) is 3.04. The molecule has 0 radical (unpaired) electrons. The normalized spacial score (nSPS) is 13.8. The first-order valence-corrected chi connectivity index (χ1v) is 8.73. The maximum atomic E-state index is 6.44. The molecule has 0 spiro atoms. The molecular weight excluding hydrogens is 350 g/mol. The molecule has 2 aromatic heterocycles. The molecule has 1 aliphatic carbocycles. The minimum Gasteiger partial charge on any atom is -0.487 e. The molecule has 3 aromatic rings. The number of allylic oxidation sites excluding steroid dienone is 2. The highest BCUT2D eigenvalue weighted by molar-refractivity contribution is 6.32. The van der Waals surface area contributed by atoms with E-state index in [-0.39, 0.29) is 0 Å². The fourth-order valence-corrected chi connectivity index (χ4v) is 3.25. The highest BCUT2D eigenvalue weighted by atomic mass is 35.5. The van der Waals surface area contributed by atoms with Crippen LogP contribution in [-0.2, 0) is 7.05 Å². The zero-order valence-electron chi connectivity index (χ0n) is 14.3. The number of nitrogen functional groups attached to an aromatic ring is 1. The van der Waals surface area contributed by atoms with E-state index in [1.807, 2.05) is 25.2 Å². The number of rotatable bonds is 4. The molecule has 0 bridgehead atoms. The van der Waals surface area contributed by atoms with Crippen LogP contribution in [-0.4, -0.2) is 26.4 Å². The van der Waals surface area contributed by atoms with Crippen molar-refractivity contribution in [2.75, 3.05) is 12.3 Å². The lowest BCUT2D eigenvalue weighted by Crippen LogP contribution is -2.01. The molecule has 0 fully saturated rings. The van der Waals surface area contributed by atoms with Gasteiger partial charge in [0, 0.05) is 12.6 Å². The van der Waals surface area contributed by atoms with Crippen LogP contribution in [0.3, 0.4) is 0 Å². The van der Waals surface area contributed by atoms with Crippen molar-refractivity contribution in [1.82, 2.24) is 19.7 Å². The second-order valence-corrected chi connectivity index (χ2v) is 6.53. The lowest BCUT2D eigenvalue weighted by Gasteiger charge is -2.11. The topological polar surface area (TPSA) is 78.9 Å². The van der Waals surface area contributed by atoms with Crippen molar-refractivity contribution in [1.29, 1.82) is 0 Å². The lowest BCUT2D eigenvalue weighted by molar-refractivity contribution is 0.355. The summed E-state index contributed by atoms with van der Waals surface area (Å²) in [4.78, 5) is 8.32. The van der Waals surface area contributed by atoms with E-state index < -0.39 is 0 Å². The van der Waals surface area contributed by atoms with Gasteiger partial charge in [0.05, 0.1) is 10.4 Å². The second kappa shape index (κ2) is 6.80. The van der Waals surface area contributed by atoms with Gasteiger partial charge in [0.2, 0.25) is 0 Å². The molecule has 2 heterocycles. The second-order valence-electron chi connectivity index (χ2n) is 6.12. The van der Waals surface area contributed by atoms with Gasteiger partial charge in [-0.1, -0.05) is 29.8 Å². The number of benzene rings is 1. The van der Waals surface area contributed by atoms with Crippen molar-refractivity contribution in [3.63, 3.8) is 0 Å². The third-order valence-electron chi connectivity index (χ3n) is 4.32. The summed E-state index contributed by atoms with van der Waals surface area (Å²) in [5.74, 6) is 1.03. The monoisotopic (exact) mass is 367 g/mol. The summed E-state index contributed by atoms with van der Waals surface area (Å²) in [6, 6.07) is 5.60. The number of hydrogen-bond donors (Lipinski definition) is 1. The smallest absolute Gasteiger partial charge is 0.163 e. The molecule has 2 N–H and O–H groups in total. The Bertz CT molecular complexity index is 1040.